The van der Waals surface area contributed by atoms with Crippen molar-refractivity contribution in [2.24, 2.45) is 5.73 Å². The van der Waals surface area contributed by atoms with Crippen LogP contribution in [0.3, 0.4) is 0 Å². The first kappa shape index (κ1) is 13.7. The maximum absolute atomic E-state index is 6.20. The van der Waals surface area contributed by atoms with Gasteiger partial charge in [-0.05, 0) is 45.7 Å². The van der Waals surface area contributed by atoms with E-state index in [0.29, 0.717) is 6.61 Å². The van der Waals surface area contributed by atoms with Gasteiger partial charge in [0.05, 0.1) is 5.60 Å². The van der Waals surface area contributed by atoms with Crippen molar-refractivity contribution in [1.29, 1.82) is 0 Å². The van der Waals surface area contributed by atoms with E-state index >= 15 is 0 Å². The molecule has 3 heteroatoms. The SMILES string of the molecule is CCOC(C)(C)C(N)Cc1ccc(CC)s1. The second-order valence-corrected chi connectivity index (χ2v) is 5.82. The van der Waals surface area contributed by atoms with E-state index in [1.165, 1.54) is 9.75 Å². The van der Waals surface area contributed by atoms with Crippen LogP contribution in [0.5, 0.6) is 0 Å². The number of thiophene rings is 1. The summed E-state index contributed by atoms with van der Waals surface area (Å²) in [5.41, 5.74) is 5.96. The smallest absolute Gasteiger partial charge is 0.0780 e. The molecule has 0 amide bonds. The highest BCUT2D eigenvalue weighted by atomic mass is 32.1. The van der Waals surface area contributed by atoms with Gasteiger partial charge in [-0.2, -0.15) is 0 Å². The van der Waals surface area contributed by atoms with Gasteiger partial charge in [0, 0.05) is 22.4 Å². The molecule has 0 aromatic carbocycles. The first-order valence-electron chi connectivity index (χ1n) is 5.96. The molecule has 0 aliphatic carbocycles. The lowest BCUT2D eigenvalue weighted by Crippen LogP contribution is -2.46. The van der Waals surface area contributed by atoms with Gasteiger partial charge < -0.3 is 10.5 Å². The molecule has 0 saturated heterocycles. The maximum atomic E-state index is 6.20. The molecule has 16 heavy (non-hydrogen) atoms. The van der Waals surface area contributed by atoms with Crippen LogP contribution in [0.1, 0.15) is 37.4 Å². The minimum atomic E-state index is -0.245. The van der Waals surface area contributed by atoms with Gasteiger partial charge in [-0.15, -0.1) is 11.3 Å². The van der Waals surface area contributed by atoms with Crippen LogP contribution in [-0.4, -0.2) is 18.2 Å². The van der Waals surface area contributed by atoms with Crippen LogP contribution in [0.15, 0.2) is 12.1 Å². The summed E-state index contributed by atoms with van der Waals surface area (Å²) in [6.45, 7) is 9.03. The van der Waals surface area contributed by atoms with Crippen molar-refractivity contribution in [3.05, 3.63) is 21.9 Å². The predicted octanol–water partition coefficient (Wildman–Crippen LogP) is 3.00. The van der Waals surface area contributed by atoms with Crippen molar-refractivity contribution in [2.45, 2.75) is 52.2 Å². The van der Waals surface area contributed by atoms with Crippen LogP contribution in [0.25, 0.3) is 0 Å². The molecule has 1 rings (SSSR count). The van der Waals surface area contributed by atoms with Crippen LogP contribution in [-0.2, 0) is 17.6 Å². The van der Waals surface area contributed by atoms with Crippen LogP contribution < -0.4 is 5.73 Å². The zero-order chi connectivity index (χ0) is 12.2. The van der Waals surface area contributed by atoms with E-state index < -0.39 is 0 Å². The fourth-order valence-corrected chi connectivity index (χ4v) is 2.68. The predicted molar refractivity (Wildman–Crippen MR) is 71.1 cm³/mol. The fraction of sp³-hybridized carbons (Fsp3) is 0.692. The number of ether oxygens (including phenoxy) is 1. The Kier molecular flexibility index (Phi) is 4.96. The molecular weight excluding hydrogens is 218 g/mol. The molecule has 0 fully saturated rings. The lowest BCUT2D eigenvalue weighted by molar-refractivity contribution is -0.0286. The van der Waals surface area contributed by atoms with Gasteiger partial charge >= 0.3 is 0 Å². The van der Waals surface area contributed by atoms with Crippen LogP contribution in [0.2, 0.25) is 0 Å². The number of aryl methyl sites for hydroxylation is 1. The van der Waals surface area contributed by atoms with Gasteiger partial charge in [-0.1, -0.05) is 6.92 Å². The average Bonchev–Trinajstić information content (AvgIpc) is 2.65. The van der Waals surface area contributed by atoms with E-state index in [2.05, 4.69) is 32.9 Å². The summed E-state index contributed by atoms with van der Waals surface area (Å²) >= 11 is 1.86. The van der Waals surface area contributed by atoms with E-state index in [1.54, 1.807) is 0 Å². The highest BCUT2D eigenvalue weighted by Gasteiger charge is 2.27. The second kappa shape index (κ2) is 5.80. The maximum Gasteiger partial charge on any atom is 0.0780 e. The number of rotatable bonds is 6. The fourth-order valence-electron chi connectivity index (χ4n) is 1.66. The highest BCUT2D eigenvalue weighted by Crippen LogP contribution is 2.22. The van der Waals surface area contributed by atoms with Crippen molar-refractivity contribution in [3.63, 3.8) is 0 Å². The van der Waals surface area contributed by atoms with Crippen LogP contribution >= 0.6 is 11.3 Å². The largest absolute Gasteiger partial charge is 0.374 e. The number of nitrogens with two attached hydrogens (primary N) is 1. The zero-order valence-corrected chi connectivity index (χ0v) is 11.6. The Morgan fingerprint density at radius 1 is 1.31 bits per heavy atom. The summed E-state index contributed by atoms with van der Waals surface area (Å²) in [4.78, 5) is 2.79. The van der Waals surface area contributed by atoms with Crippen molar-refractivity contribution in [2.75, 3.05) is 6.61 Å². The van der Waals surface area contributed by atoms with Crippen molar-refractivity contribution in [3.8, 4) is 0 Å². The summed E-state index contributed by atoms with van der Waals surface area (Å²) in [7, 11) is 0. The molecule has 92 valence electrons. The summed E-state index contributed by atoms with van der Waals surface area (Å²) in [5.74, 6) is 0. The number of hydrogen-bond donors (Lipinski definition) is 1. The monoisotopic (exact) mass is 241 g/mol. The summed E-state index contributed by atoms with van der Waals surface area (Å²) in [5, 5.41) is 0. The van der Waals surface area contributed by atoms with Gasteiger partial charge in [-0.3, -0.25) is 0 Å². The standard InChI is InChI=1S/C13H23NOS/c1-5-10-7-8-11(16-10)9-12(14)13(3,4)15-6-2/h7-8,12H,5-6,9,14H2,1-4H3. The third kappa shape index (κ3) is 3.58. The first-order chi connectivity index (χ1) is 7.49. The van der Waals surface area contributed by atoms with E-state index in [1.807, 2.05) is 18.3 Å². The molecule has 1 aromatic heterocycles. The summed E-state index contributed by atoms with van der Waals surface area (Å²) in [6.07, 6.45) is 2.01. The van der Waals surface area contributed by atoms with Gasteiger partial charge in [0.15, 0.2) is 0 Å². The third-order valence-corrected chi connectivity index (χ3v) is 4.15. The van der Waals surface area contributed by atoms with Crippen molar-refractivity contribution in [1.82, 2.24) is 0 Å². The second-order valence-electron chi connectivity index (χ2n) is 4.57. The molecule has 0 bridgehead atoms. The Labute approximate surface area is 103 Å². The summed E-state index contributed by atoms with van der Waals surface area (Å²) in [6, 6.07) is 4.43. The average molecular weight is 241 g/mol. The molecule has 0 radical (unpaired) electrons. The molecule has 1 heterocycles. The first-order valence-corrected chi connectivity index (χ1v) is 6.78. The van der Waals surface area contributed by atoms with E-state index in [4.69, 9.17) is 10.5 Å². The van der Waals surface area contributed by atoms with Gasteiger partial charge in [0.25, 0.3) is 0 Å². The van der Waals surface area contributed by atoms with Gasteiger partial charge in [-0.25, -0.2) is 0 Å². The lowest BCUT2D eigenvalue weighted by Gasteiger charge is -2.31. The van der Waals surface area contributed by atoms with E-state index in [0.717, 1.165) is 12.8 Å². The van der Waals surface area contributed by atoms with Gasteiger partial charge in [0.1, 0.15) is 0 Å². The number of hydrogen-bond acceptors (Lipinski definition) is 3. The summed E-state index contributed by atoms with van der Waals surface area (Å²) < 4.78 is 5.68. The van der Waals surface area contributed by atoms with Gasteiger partial charge in [0.2, 0.25) is 0 Å². The quantitative estimate of drug-likeness (QED) is 0.831. The van der Waals surface area contributed by atoms with E-state index in [9.17, 15) is 0 Å². The molecule has 2 N–H and O–H groups in total. The van der Waals surface area contributed by atoms with Crippen LogP contribution in [0.4, 0.5) is 0 Å². The molecule has 0 aliphatic heterocycles. The molecule has 1 unspecified atom stereocenters. The molecule has 2 nitrogen and oxygen atoms in total. The normalized spacial score (nSPS) is 14.1. The Morgan fingerprint density at radius 3 is 2.44 bits per heavy atom. The molecule has 0 saturated carbocycles. The molecule has 0 aliphatic rings. The zero-order valence-electron chi connectivity index (χ0n) is 10.7. The molecule has 0 spiro atoms. The topological polar surface area (TPSA) is 35.2 Å². The highest BCUT2D eigenvalue weighted by molar-refractivity contribution is 7.11. The third-order valence-electron chi connectivity index (χ3n) is 2.90. The van der Waals surface area contributed by atoms with E-state index in [-0.39, 0.29) is 11.6 Å². The lowest BCUT2D eigenvalue weighted by atomic mass is 9.96. The molecule has 1 aromatic rings. The Balaban J connectivity index is 2.59. The Hall–Kier alpha value is -0.380. The minimum absolute atomic E-state index is 0.0517. The minimum Gasteiger partial charge on any atom is -0.374 e. The molecular formula is C13H23NOS. The van der Waals surface area contributed by atoms with Crippen molar-refractivity contribution >= 4 is 11.3 Å². The molecule has 1 atom stereocenters. The Morgan fingerprint density at radius 2 is 1.94 bits per heavy atom. The Bertz CT molecular complexity index is 319. The van der Waals surface area contributed by atoms with Crippen molar-refractivity contribution < 1.29 is 4.74 Å². The van der Waals surface area contributed by atoms with Crippen LogP contribution in [0, 0.1) is 0 Å².